The molecule has 0 bridgehead atoms. The van der Waals surface area contributed by atoms with Gasteiger partial charge >= 0.3 is 24.0 Å². The van der Waals surface area contributed by atoms with Crippen LogP contribution in [0.25, 0.3) is 0 Å². The number of carboxylic acid groups (broad SMARTS) is 2. The molecule has 12 N–H and O–H groups in total. The fourth-order valence-corrected chi connectivity index (χ4v) is 9.43. The van der Waals surface area contributed by atoms with E-state index in [0.717, 1.165) is 0 Å². The zero-order valence-corrected chi connectivity index (χ0v) is 52.1. The highest BCUT2D eigenvalue weighted by molar-refractivity contribution is 6.35. The highest BCUT2D eigenvalue weighted by Gasteiger charge is 2.28. The summed E-state index contributed by atoms with van der Waals surface area (Å²) in [4.78, 5) is 110. The van der Waals surface area contributed by atoms with Crippen LogP contribution in [0.15, 0.2) is 109 Å². The van der Waals surface area contributed by atoms with Crippen molar-refractivity contribution in [2.75, 3.05) is 100 Å². The van der Waals surface area contributed by atoms with Crippen LogP contribution in [-0.4, -0.2) is 159 Å². The van der Waals surface area contributed by atoms with Crippen LogP contribution in [-0.2, 0) is 47.7 Å². The molecule has 2 unspecified atom stereocenters. The van der Waals surface area contributed by atoms with Gasteiger partial charge < -0.3 is 82.3 Å². The number of hydrogen-bond donors (Lipinski definition) is 12. The average molecular weight is 1330 g/mol. The summed E-state index contributed by atoms with van der Waals surface area (Å²) in [6.45, 7) is 1.17. The fourth-order valence-electron chi connectivity index (χ4n) is 8.34. The van der Waals surface area contributed by atoms with Crippen molar-refractivity contribution in [3.05, 3.63) is 141 Å². The summed E-state index contributed by atoms with van der Waals surface area (Å²) in [5.74, 6) is -3.20. The minimum absolute atomic E-state index is 0.00548. The third kappa shape index (κ3) is 30.4. The van der Waals surface area contributed by atoms with Gasteiger partial charge in [0.05, 0.1) is 77.8 Å². The number of nitrogens with zero attached hydrogens (tertiary/aromatic N) is 2. The maximum absolute atomic E-state index is 13.6. The second-order valence-corrected chi connectivity index (χ2v) is 21.6. The van der Waals surface area contributed by atoms with Crippen molar-refractivity contribution in [2.45, 2.75) is 75.5 Å². The van der Waals surface area contributed by atoms with Gasteiger partial charge in [-0.05, 0) is 122 Å². The highest BCUT2D eigenvalue weighted by Crippen LogP contribution is 2.27. The number of benzene rings is 3. The first-order chi connectivity index (χ1) is 43.4. The van der Waals surface area contributed by atoms with Crippen LogP contribution in [0.1, 0.15) is 74.6 Å². The maximum atomic E-state index is 13.6. The Kier molecular flexibility index (Phi) is 33.3. The van der Waals surface area contributed by atoms with Crippen molar-refractivity contribution in [1.29, 1.82) is 0 Å². The van der Waals surface area contributed by atoms with E-state index in [9.17, 15) is 48.6 Å². The van der Waals surface area contributed by atoms with Gasteiger partial charge in [0.25, 0.3) is 0 Å². The number of hydrogen-bond acceptors (Lipinski definition) is 16. The molecule has 5 rings (SSSR count). The molecule has 0 aliphatic heterocycles. The second-order valence-electron chi connectivity index (χ2n) is 19.9. The van der Waals surface area contributed by atoms with Crippen molar-refractivity contribution in [3.63, 3.8) is 0 Å². The number of carboxylic acids is 2. The molecular formula is C60H74Cl4N12O14. The molecule has 2 heterocycles. The number of nitrogens with one attached hydrogen (secondary N) is 10. The second kappa shape index (κ2) is 41.3. The topological polar surface area (TPSA) is 360 Å². The largest absolute Gasteiger partial charge is 0.481 e. The summed E-state index contributed by atoms with van der Waals surface area (Å²) >= 11 is 24.7. The molecule has 0 saturated carbocycles. The van der Waals surface area contributed by atoms with Gasteiger partial charge in [-0.15, -0.1) is 0 Å². The van der Waals surface area contributed by atoms with Gasteiger partial charge in [0.2, 0.25) is 23.6 Å². The van der Waals surface area contributed by atoms with Crippen LogP contribution in [0.5, 0.6) is 0 Å². The molecule has 0 fully saturated rings. The SMILES string of the molecule is O=C(O)CC(NC(=O)[C@H](COCCOCCNC(=O)Nc1ccc(NC(=O)NCCOCCOC[C@H](NC(=O)CCCCNc2ccccn2)C(=O)NC(CC(=O)O)c2cc(Cl)cc(Cl)c2)cc1)NC(=O)CCCCNc1ccccn1)c1cc(Cl)cc(Cl)c1. The summed E-state index contributed by atoms with van der Waals surface area (Å²) in [6, 6.07) is 20.6. The monoisotopic (exact) mass is 1330 g/mol. The Hall–Kier alpha value is -8.08. The fraction of sp³-hybridized carbons (Fsp3) is 0.400. The normalized spacial score (nSPS) is 12.2. The van der Waals surface area contributed by atoms with Crippen LogP contribution in [0.3, 0.4) is 0 Å². The summed E-state index contributed by atoms with van der Waals surface area (Å²) in [5, 5.41) is 48.0. The number of carbonyl (C=O) groups is 8. The Balaban J connectivity index is 0.961. The number of rotatable bonds is 42. The first-order valence-electron chi connectivity index (χ1n) is 28.7. The smallest absolute Gasteiger partial charge is 0.319 e. The highest BCUT2D eigenvalue weighted by atomic mass is 35.5. The predicted molar refractivity (Wildman–Crippen MR) is 340 cm³/mol. The number of ether oxygens (including phenoxy) is 4. The molecule has 26 nitrogen and oxygen atoms in total. The Morgan fingerprint density at radius 2 is 0.822 bits per heavy atom. The first-order valence-corrected chi connectivity index (χ1v) is 30.3. The molecule has 3 aromatic carbocycles. The van der Waals surface area contributed by atoms with Crippen LogP contribution >= 0.6 is 46.4 Å². The van der Waals surface area contributed by atoms with Crippen molar-refractivity contribution in [2.24, 2.45) is 0 Å². The van der Waals surface area contributed by atoms with E-state index in [2.05, 4.69) is 63.1 Å². The number of carbonyl (C=O) groups excluding carboxylic acids is 6. The Bertz CT molecular complexity index is 2830. The molecule has 8 amide bonds. The van der Waals surface area contributed by atoms with Crippen molar-refractivity contribution in [1.82, 2.24) is 41.9 Å². The molecule has 0 aliphatic carbocycles. The van der Waals surface area contributed by atoms with E-state index in [1.165, 1.54) is 36.4 Å². The Morgan fingerprint density at radius 1 is 0.444 bits per heavy atom. The van der Waals surface area contributed by atoms with E-state index in [0.29, 0.717) is 72.9 Å². The van der Waals surface area contributed by atoms with Gasteiger partial charge in [0, 0.05) is 82.9 Å². The molecule has 0 aliphatic rings. The van der Waals surface area contributed by atoms with Gasteiger partial charge in [0.1, 0.15) is 23.7 Å². The van der Waals surface area contributed by atoms with E-state index in [4.69, 9.17) is 65.4 Å². The Labute approximate surface area is 540 Å². The van der Waals surface area contributed by atoms with E-state index in [1.54, 1.807) is 48.8 Å². The third-order valence-electron chi connectivity index (χ3n) is 12.6. The lowest BCUT2D eigenvalue weighted by Gasteiger charge is -2.23. The van der Waals surface area contributed by atoms with Crippen LogP contribution in [0, 0.1) is 0 Å². The molecule has 0 spiro atoms. The molecule has 90 heavy (non-hydrogen) atoms. The van der Waals surface area contributed by atoms with Gasteiger partial charge in [-0.3, -0.25) is 28.8 Å². The van der Waals surface area contributed by atoms with Crippen molar-refractivity contribution in [3.8, 4) is 0 Å². The number of unbranched alkanes of at least 4 members (excludes halogenated alkanes) is 2. The van der Waals surface area contributed by atoms with Gasteiger partial charge in [0.15, 0.2) is 0 Å². The zero-order chi connectivity index (χ0) is 64.9. The number of amides is 8. The number of anilines is 4. The molecule has 4 atom stereocenters. The lowest BCUT2D eigenvalue weighted by atomic mass is 10.0. The van der Waals surface area contributed by atoms with E-state index in [1.807, 2.05) is 24.3 Å². The molecular weight excluding hydrogens is 1250 g/mol. The summed E-state index contributed by atoms with van der Waals surface area (Å²) in [6.07, 6.45) is 4.83. The molecule has 0 saturated heterocycles. The van der Waals surface area contributed by atoms with Crippen LogP contribution < -0.4 is 53.2 Å². The van der Waals surface area contributed by atoms with Crippen LogP contribution in [0.2, 0.25) is 20.1 Å². The maximum Gasteiger partial charge on any atom is 0.319 e. The average Bonchev–Trinajstić information content (AvgIpc) is 1.73. The zero-order valence-electron chi connectivity index (χ0n) is 49.0. The summed E-state index contributed by atoms with van der Waals surface area (Å²) in [5.41, 5.74) is 1.57. The van der Waals surface area contributed by atoms with Crippen LogP contribution in [0.4, 0.5) is 32.6 Å². The molecule has 0 radical (unpaired) electrons. The molecule has 5 aromatic rings. The molecule has 486 valence electrons. The number of urea groups is 2. The first kappa shape index (κ1) is 72.7. The minimum atomic E-state index is -1.20. The number of aliphatic carboxylic acids is 2. The Morgan fingerprint density at radius 3 is 1.18 bits per heavy atom. The predicted octanol–water partition coefficient (Wildman–Crippen LogP) is 7.60. The summed E-state index contributed by atoms with van der Waals surface area (Å²) in [7, 11) is 0. The van der Waals surface area contributed by atoms with E-state index in [-0.39, 0.29) is 98.9 Å². The minimum Gasteiger partial charge on any atom is -0.481 e. The van der Waals surface area contributed by atoms with Gasteiger partial charge in [-0.2, -0.15) is 0 Å². The third-order valence-corrected chi connectivity index (χ3v) is 13.5. The standard InChI is InChI=1S/C60H74Cl4N12O14/c61-41-29-39(30-42(62)33-41)47(35-55(79)80)75-57(83)49(73-53(77)11-3-7-19-67-51-9-1-5-17-65-51)37-89-27-25-87-23-21-69-59(85)71-45-13-15-46(16-14-45)72-60(86)70-22-24-88-26-28-90-38-50(74-54(78)12-4-8-20-68-52-10-2-6-18-66-52)58(84)76-48(36-56(81)82)40-31-43(63)34-44(64)32-40/h1-2,5-6,9-10,13-18,29-34,47-50H,3-4,7-8,11-12,19-28,35-38H2,(H,65,67)(H,66,68)(H,73,77)(H,74,78)(H,75,83)(H,76,84)(H,79,80)(H,81,82)(H2,69,71,85)(H2,70,72,86)/t47?,48?,49-,50-/m0/s1. The number of halogens is 4. The lowest BCUT2D eigenvalue weighted by molar-refractivity contribution is -0.139. The molecule has 30 heteroatoms. The molecule has 2 aromatic heterocycles. The summed E-state index contributed by atoms with van der Waals surface area (Å²) < 4.78 is 22.6. The number of aromatic nitrogens is 2. The lowest BCUT2D eigenvalue weighted by Crippen LogP contribution is -2.50. The quantitative estimate of drug-likeness (QED) is 0.0167. The van der Waals surface area contributed by atoms with Crippen molar-refractivity contribution >= 4 is 117 Å². The van der Waals surface area contributed by atoms with Crippen molar-refractivity contribution < 1.29 is 67.5 Å². The number of pyridine rings is 2. The van der Waals surface area contributed by atoms with E-state index >= 15 is 0 Å². The van der Waals surface area contributed by atoms with E-state index < -0.39 is 84.6 Å². The van der Waals surface area contributed by atoms with Gasteiger partial charge in [-0.25, -0.2) is 19.6 Å². The van der Waals surface area contributed by atoms with Gasteiger partial charge in [-0.1, -0.05) is 58.5 Å².